The van der Waals surface area contributed by atoms with Crippen LogP contribution in [0.15, 0.2) is 55.1 Å². The minimum Gasteiger partial charge on any atom is -0.491 e. The third kappa shape index (κ3) is 4.24. The van der Waals surface area contributed by atoms with Gasteiger partial charge in [0, 0.05) is 6.07 Å². The Kier molecular flexibility index (Phi) is 6.79. The molecular weight excluding hydrogens is 505 g/mol. The fourth-order valence-corrected chi connectivity index (χ4v) is 4.15. The molecule has 4 rings (SSSR count). The zero-order valence-corrected chi connectivity index (χ0v) is 19.3. The van der Waals surface area contributed by atoms with Crippen molar-refractivity contribution in [2.75, 3.05) is 6.61 Å². The summed E-state index contributed by atoms with van der Waals surface area (Å²) >= 11 is 0. The first-order valence-electron chi connectivity index (χ1n) is 11.1. The van der Waals surface area contributed by atoms with Crippen LogP contribution in [-0.2, 0) is 18.3 Å². The molecule has 1 aliphatic rings. The van der Waals surface area contributed by atoms with Gasteiger partial charge >= 0.3 is 17.8 Å². The fourth-order valence-electron chi connectivity index (χ4n) is 4.15. The fraction of sp³-hybridized carbons (Fsp3) is 0.222. The molecule has 3 aromatic rings. The monoisotopic (exact) mass is 524 g/mol. The highest BCUT2D eigenvalue weighted by molar-refractivity contribution is 5.93. The number of allylic oxidation sites excluding steroid dienone is 1. The van der Waals surface area contributed by atoms with Gasteiger partial charge in [0.1, 0.15) is 17.4 Å². The lowest BCUT2D eigenvalue weighted by Crippen LogP contribution is -2.41. The van der Waals surface area contributed by atoms with Gasteiger partial charge in [-0.2, -0.15) is 17.6 Å². The van der Waals surface area contributed by atoms with Gasteiger partial charge in [-0.1, -0.05) is 18.2 Å². The van der Waals surface area contributed by atoms with E-state index < -0.39 is 68.8 Å². The Morgan fingerprint density at radius 1 is 0.919 bits per heavy atom. The smallest absolute Gasteiger partial charge is 0.346 e. The average molecular weight is 524 g/mol. The van der Waals surface area contributed by atoms with Crippen molar-refractivity contribution < 1.29 is 45.0 Å². The molecule has 0 aliphatic heterocycles. The summed E-state index contributed by atoms with van der Waals surface area (Å²) in [6.45, 7) is 4.86. The molecule has 37 heavy (non-hydrogen) atoms. The summed E-state index contributed by atoms with van der Waals surface area (Å²) in [5.41, 5.74) is -5.62. The molecule has 0 radical (unpaired) electrons. The highest BCUT2D eigenvalue weighted by atomic mass is 19.3. The zero-order chi connectivity index (χ0) is 27.1. The van der Waals surface area contributed by atoms with Crippen LogP contribution in [0, 0.1) is 17.5 Å². The highest BCUT2D eigenvalue weighted by Crippen LogP contribution is 2.60. The molecule has 0 saturated heterocycles. The third-order valence-electron chi connectivity index (χ3n) is 5.93. The molecule has 0 saturated carbocycles. The lowest BCUT2D eigenvalue weighted by molar-refractivity contribution is -0.227. The van der Waals surface area contributed by atoms with Crippen LogP contribution >= 0.6 is 0 Å². The van der Waals surface area contributed by atoms with E-state index in [9.17, 15) is 22.4 Å². The van der Waals surface area contributed by atoms with Crippen LogP contribution in [0.3, 0.4) is 0 Å². The topological polar surface area (TPSA) is 35.5 Å². The molecule has 0 aromatic heterocycles. The van der Waals surface area contributed by atoms with Gasteiger partial charge in [0.15, 0.2) is 11.6 Å². The van der Waals surface area contributed by atoms with Gasteiger partial charge in [0.25, 0.3) is 0 Å². The standard InChI is InChI=1S/C27H19F7O3/c1-3-5-6-14-7-8-15(13-19(14)28)37-25(35)18-10-9-16-17-11-12-20(36-4-2)24(30)22(17)27(33,34)26(31,32)21(16)23(18)29/h3,7-13H,1,4-6H2,2H3. The van der Waals surface area contributed by atoms with E-state index in [0.717, 1.165) is 30.3 Å². The van der Waals surface area contributed by atoms with Crippen molar-refractivity contribution in [2.24, 2.45) is 0 Å². The molecular formula is C27H19F7O3. The lowest BCUT2D eigenvalue weighted by atomic mass is 9.79. The third-order valence-corrected chi connectivity index (χ3v) is 5.93. The summed E-state index contributed by atoms with van der Waals surface area (Å²) in [6.07, 6.45) is 2.38. The van der Waals surface area contributed by atoms with E-state index in [1.165, 1.54) is 19.1 Å². The zero-order valence-electron chi connectivity index (χ0n) is 19.3. The number of esters is 1. The summed E-state index contributed by atoms with van der Waals surface area (Å²) in [7, 11) is 0. The molecule has 0 fully saturated rings. The van der Waals surface area contributed by atoms with Crippen LogP contribution in [0.4, 0.5) is 30.7 Å². The molecule has 0 amide bonds. The first kappa shape index (κ1) is 26.2. The Balaban J connectivity index is 1.77. The highest BCUT2D eigenvalue weighted by Gasteiger charge is 2.65. The number of benzene rings is 3. The number of hydrogen-bond acceptors (Lipinski definition) is 3. The van der Waals surface area contributed by atoms with Crippen LogP contribution in [0.5, 0.6) is 11.5 Å². The van der Waals surface area contributed by atoms with Crippen molar-refractivity contribution in [1.29, 1.82) is 0 Å². The second kappa shape index (κ2) is 9.57. The number of alkyl halides is 4. The SMILES string of the molecule is C=CCCc1ccc(OC(=O)c2ccc3c(c2F)C(F)(F)C(F)(F)c2c-3ccc(OCC)c2F)cc1F. The maximum Gasteiger partial charge on any atom is 0.346 e. The number of aryl methyl sites for hydroxylation is 1. The number of rotatable bonds is 7. The number of ether oxygens (including phenoxy) is 2. The van der Waals surface area contributed by atoms with Crippen LogP contribution in [0.1, 0.15) is 40.4 Å². The average Bonchev–Trinajstić information content (AvgIpc) is 2.83. The number of carbonyl (C=O) groups is 1. The van der Waals surface area contributed by atoms with Gasteiger partial charge < -0.3 is 9.47 Å². The van der Waals surface area contributed by atoms with E-state index in [0.29, 0.717) is 18.4 Å². The second-order valence-electron chi connectivity index (χ2n) is 8.20. The van der Waals surface area contributed by atoms with E-state index in [4.69, 9.17) is 9.47 Å². The molecule has 0 atom stereocenters. The summed E-state index contributed by atoms with van der Waals surface area (Å²) < 4.78 is 114. The van der Waals surface area contributed by atoms with Crippen molar-refractivity contribution in [3.05, 3.63) is 94.8 Å². The van der Waals surface area contributed by atoms with E-state index in [2.05, 4.69) is 6.58 Å². The molecule has 1 aliphatic carbocycles. The van der Waals surface area contributed by atoms with Gasteiger partial charge in [-0.25, -0.2) is 18.0 Å². The molecule has 0 N–H and O–H groups in total. The Bertz CT molecular complexity index is 1400. The number of fused-ring (bicyclic) bond motifs is 3. The Morgan fingerprint density at radius 3 is 2.14 bits per heavy atom. The Labute approximate surface area is 207 Å². The molecule has 194 valence electrons. The van der Waals surface area contributed by atoms with Gasteiger partial charge in [-0.3, -0.25) is 0 Å². The van der Waals surface area contributed by atoms with E-state index in [-0.39, 0.29) is 12.4 Å². The summed E-state index contributed by atoms with van der Waals surface area (Å²) in [6, 6.07) is 6.83. The molecule has 3 nitrogen and oxygen atoms in total. The molecule has 0 unspecified atom stereocenters. The van der Waals surface area contributed by atoms with Gasteiger partial charge in [0.05, 0.1) is 23.3 Å². The molecule has 0 bridgehead atoms. The number of carbonyl (C=O) groups excluding carboxylic acids is 1. The van der Waals surface area contributed by atoms with E-state index in [1.54, 1.807) is 6.08 Å². The van der Waals surface area contributed by atoms with Crippen molar-refractivity contribution >= 4 is 5.97 Å². The van der Waals surface area contributed by atoms with Gasteiger partial charge in [-0.05, 0) is 60.7 Å². The Morgan fingerprint density at radius 2 is 1.54 bits per heavy atom. The van der Waals surface area contributed by atoms with Gasteiger partial charge in [0.2, 0.25) is 0 Å². The molecule has 10 heteroatoms. The minimum atomic E-state index is -5.24. The Hall–Kier alpha value is -3.82. The lowest BCUT2D eigenvalue weighted by Gasteiger charge is -2.35. The first-order valence-corrected chi connectivity index (χ1v) is 11.1. The molecule has 0 heterocycles. The van der Waals surface area contributed by atoms with E-state index in [1.807, 2.05) is 0 Å². The number of halogens is 7. The normalized spacial score (nSPS) is 14.9. The van der Waals surface area contributed by atoms with Crippen LogP contribution in [0.25, 0.3) is 11.1 Å². The summed E-state index contributed by atoms with van der Waals surface area (Å²) in [5.74, 6) is -17.3. The molecule has 3 aromatic carbocycles. The first-order chi connectivity index (χ1) is 17.4. The van der Waals surface area contributed by atoms with Crippen molar-refractivity contribution in [3.8, 4) is 22.6 Å². The predicted molar refractivity (Wildman–Crippen MR) is 121 cm³/mol. The van der Waals surface area contributed by atoms with Crippen LogP contribution in [-0.4, -0.2) is 12.6 Å². The largest absolute Gasteiger partial charge is 0.491 e. The van der Waals surface area contributed by atoms with Crippen molar-refractivity contribution in [2.45, 2.75) is 31.6 Å². The van der Waals surface area contributed by atoms with E-state index >= 15 is 13.2 Å². The molecule has 0 spiro atoms. The predicted octanol–water partition coefficient (Wildman–Crippen LogP) is 7.70. The quantitative estimate of drug-likeness (QED) is 0.138. The second-order valence-corrected chi connectivity index (χ2v) is 8.20. The van der Waals surface area contributed by atoms with Crippen LogP contribution in [0.2, 0.25) is 0 Å². The maximum atomic E-state index is 15.3. The summed E-state index contributed by atoms with van der Waals surface area (Å²) in [5, 5.41) is 0. The summed E-state index contributed by atoms with van der Waals surface area (Å²) in [4.78, 5) is 12.6. The van der Waals surface area contributed by atoms with Crippen molar-refractivity contribution in [3.63, 3.8) is 0 Å². The van der Waals surface area contributed by atoms with Gasteiger partial charge in [-0.15, -0.1) is 6.58 Å². The minimum absolute atomic E-state index is 0.115. The van der Waals surface area contributed by atoms with Crippen LogP contribution < -0.4 is 9.47 Å². The maximum absolute atomic E-state index is 15.3. The van der Waals surface area contributed by atoms with Crippen molar-refractivity contribution in [1.82, 2.24) is 0 Å². The number of hydrogen-bond donors (Lipinski definition) is 0.